The Hall–Kier alpha value is -1.70. The second kappa shape index (κ2) is 7.85. The van der Waals surface area contributed by atoms with E-state index in [4.69, 9.17) is 4.74 Å². The maximum Gasteiger partial charge on any atom is 0.250 e. The molecule has 4 heterocycles. The van der Waals surface area contributed by atoms with E-state index in [0.29, 0.717) is 38.8 Å². The molecule has 29 heavy (non-hydrogen) atoms. The zero-order chi connectivity index (χ0) is 20.0. The number of hydrogen-bond donors (Lipinski definition) is 1. The third-order valence-corrected chi connectivity index (χ3v) is 7.59. The lowest BCUT2D eigenvalue weighted by Crippen LogP contribution is -2.53. The highest BCUT2D eigenvalue weighted by molar-refractivity contribution is 5.83. The van der Waals surface area contributed by atoms with Crippen molar-refractivity contribution in [2.24, 2.45) is 17.8 Å². The fourth-order valence-corrected chi connectivity index (χ4v) is 6.21. The molecule has 1 saturated carbocycles. The molecule has 1 aliphatic carbocycles. The maximum atomic E-state index is 13.6. The Morgan fingerprint density at radius 3 is 2.66 bits per heavy atom. The predicted octanol–water partition coefficient (Wildman–Crippen LogP) is 0.861. The molecule has 0 unspecified atom stereocenters. The Morgan fingerprint density at radius 1 is 1.17 bits per heavy atom. The number of ether oxygens (including phenoxy) is 1. The van der Waals surface area contributed by atoms with E-state index in [0.717, 1.165) is 12.2 Å². The zero-order valence-electron chi connectivity index (χ0n) is 16.9. The number of aliphatic hydroxyl groups is 1. The van der Waals surface area contributed by atoms with E-state index in [1.807, 2.05) is 21.6 Å². The summed E-state index contributed by atoms with van der Waals surface area (Å²) >= 11 is 0. The molecule has 158 valence electrons. The minimum absolute atomic E-state index is 0.0189. The fraction of sp³-hybridized carbons (Fsp3) is 0.727. The van der Waals surface area contributed by atoms with Crippen LogP contribution in [-0.2, 0) is 16.1 Å². The minimum atomic E-state index is -0.308. The van der Waals surface area contributed by atoms with Crippen LogP contribution < -0.4 is 5.56 Å². The van der Waals surface area contributed by atoms with Crippen molar-refractivity contribution in [3.8, 4) is 0 Å². The highest BCUT2D eigenvalue weighted by atomic mass is 16.5. The first kappa shape index (κ1) is 19.3. The highest BCUT2D eigenvalue weighted by Gasteiger charge is 2.56. The summed E-state index contributed by atoms with van der Waals surface area (Å²) in [5.41, 5.74) is 1.03. The number of likely N-dealkylation sites (tertiary alicyclic amines) is 1. The summed E-state index contributed by atoms with van der Waals surface area (Å²) in [6.07, 6.45) is 4.93. The Kier molecular flexibility index (Phi) is 5.22. The van der Waals surface area contributed by atoms with Gasteiger partial charge in [0.05, 0.1) is 25.3 Å². The van der Waals surface area contributed by atoms with E-state index in [1.165, 1.54) is 25.7 Å². The number of amides is 1. The number of morpholine rings is 1. The summed E-state index contributed by atoms with van der Waals surface area (Å²) in [5, 5.41) is 10.3. The highest BCUT2D eigenvalue weighted by Crippen LogP contribution is 2.50. The summed E-state index contributed by atoms with van der Waals surface area (Å²) in [5.74, 6) is 0.685. The molecule has 2 saturated heterocycles. The molecule has 7 heteroatoms. The number of aliphatic hydroxyl groups excluding tert-OH is 1. The number of fused-ring (bicyclic) bond motifs is 3. The van der Waals surface area contributed by atoms with Gasteiger partial charge in [-0.2, -0.15) is 0 Å². The van der Waals surface area contributed by atoms with Crippen LogP contribution in [0.4, 0.5) is 0 Å². The smallest absolute Gasteiger partial charge is 0.250 e. The molecule has 7 nitrogen and oxygen atoms in total. The second-order valence-electron chi connectivity index (χ2n) is 9.08. The number of hydrogen-bond acceptors (Lipinski definition) is 5. The van der Waals surface area contributed by atoms with Crippen molar-refractivity contribution in [3.63, 3.8) is 0 Å². The Bertz CT molecular complexity index is 813. The Labute approximate surface area is 171 Å². The first-order valence-corrected chi connectivity index (χ1v) is 11.1. The molecule has 1 N–H and O–H groups in total. The minimum Gasteiger partial charge on any atom is -0.396 e. The fourth-order valence-electron chi connectivity index (χ4n) is 6.21. The number of aromatic nitrogens is 1. The number of rotatable bonds is 4. The van der Waals surface area contributed by atoms with Gasteiger partial charge in [0.25, 0.3) is 5.56 Å². The molecule has 5 rings (SSSR count). The summed E-state index contributed by atoms with van der Waals surface area (Å²) in [7, 11) is 0. The van der Waals surface area contributed by atoms with Crippen LogP contribution in [-0.4, -0.2) is 70.9 Å². The van der Waals surface area contributed by atoms with Crippen LogP contribution in [0.25, 0.3) is 0 Å². The Balaban J connectivity index is 1.51. The second-order valence-corrected chi connectivity index (χ2v) is 9.08. The van der Waals surface area contributed by atoms with Gasteiger partial charge in [-0.25, -0.2) is 0 Å². The van der Waals surface area contributed by atoms with Gasteiger partial charge in [0.15, 0.2) is 0 Å². The van der Waals surface area contributed by atoms with Gasteiger partial charge in [-0.1, -0.05) is 18.9 Å². The van der Waals surface area contributed by atoms with Crippen LogP contribution in [0.2, 0.25) is 0 Å². The summed E-state index contributed by atoms with van der Waals surface area (Å²) < 4.78 is 7.30. The van der Waals surface area contributed by atoms with E-state index in [2.05, 4.69) is 4.90 Å². The summed E-state index contributed by atoms with van der Waals surface area (Å²) in [6, 6.07) is 5.20. The summed E-state index contributed by atoms with van der Waals surface area (Å²) in [4.78, 5) is 30.3. The molecule has 0 aromatic carbocycles. The average molecular weight is 402 g/mol. The van der Waals surface area contributed by atoms with Crippen LogP contribution in [0.15, 0.2) is 23.0 Å². The van der Waals surface area contributed by atoms with E-state index in [-0.39, 0.29) is 42.0 Å². The molecule has 0 radical (unpaired) electrons. The van der Waals surface area contributed by atoms with Gasteiger partial charge in [0.1, 0.15) is 0 Å². The van der Waals surface area contributed by atoms with Gasteiger partial charge in [-0.3, -0.25) is 14.5 Å². The van der Waals surface area contributed by atoms with Gasteiger partial charge in [0, 0.05) is 56.4 Å². The van der Waals surface area contributed by atoms with Crippen LogP contribution >= 0.6 is 0 Å². The topological polar surface area (TPSA) is 75.0 Å². The Morgan fingerprint density at radius 2 is 1.93 bits per heavy atom. The van der Waals surface area contributed by atoms with Crippen LogP contribution in [0.3, 0.4) is 0 Å². The molecule has 4 atom stereocenters. The van der Waals surface area contributed by atoms with Crippen molar-refractivity contribution in [2.45, 2.75) is 44.3 Å². The lowest BCUT2D eigenvalue weighted by molar-refractivity contribution is -0.142. The zero-order valence-corrected chi connectivity index (χ0v) is 16.9. The quantitative estimate of drug-likeness (QED) is 0.810. The molecule has 0 bridgehead atoms. The van der Waals surface area contributed by atoms with Gasteiger partial charge in [-0.05, 0) is 24.8 Å². The van der Waals surface area contributed by atoms with Crippen LogP contribution in [0, 0.1) is 17.8 Å². The van der Waals surface area contributed by atoms with E-state index in [1.54, 1.807) is 6.07 Å². The van der Waals surface area contributed by atoms with E-state index in [9.17, 15) is 14.7 Å². The first-order valence-electron chi connectivity index (χ1n) is 11.1. The van der Waals surface area contributed by atoms with Crippen molar-refractivity contribution in [1.29, 1.82) is 0 Å². The number of carbonyl (C=O) groups excluding carboxylic acids is 1. The predicted molar refractivity (Wildman–Crippen MR) is 107 cm³/mol. The lowest BCUT2D eigenvalue weighted by Gasteiger charge is -2.37. The van der Waals surface area contributed by atoms with E-state index < -0.39 is 0 Å². The molecular weight excluding hydrogens is 370 g/mol. The number of carbonyl (C=O) groups is 1. The molecule has 1 aromatic rings. The van der Waals surface area contributed by atoms with Crippen LogP contribution in [0.1, 0.15) is 37.4 Å². The largest absolute Gasteiger partial charge is 0.396 e. The third-order valence-electron chi connectivity index (χ3n) is 7.59. The van der Waals surface area contributed by atoms with Gasteiger partial charge in [-0.15, -0.1) is 0 Å². The number of nitrogens with zero attached hydrogens (tertiary/aromatic N) is 3. The normalized spacial score (nSPS) is 32.5. The van der Waals surface area contributed by atoms with Crippen molar-refractivity contribution in [1.82, 2.24) is 14.4 Å². The maximum absolute atomic E-state index is 13.6. The molecule has 0 spiro atoms. The van der Waals surface area contributed by atoms with Crippen molar-refractivity contribution >= 4 is 5.91 Å². The standard InChI is InChI=1S/C22H31N3O4/c26-14-17-16-13-24-18(6-3-7-19(24)27)20(16)25(12-15-4-1-2-5-15)21(17)22(28)23-8-10-29-11-9-23/h3,6-7,15-17,20-21,26H,1-2,4-5,8-14H2/t16-,17-,20+,21-/m0/s1. The first-order chi connectivity index (χ1) is 14.2. The molecule has 3 fully saturated rings. The molecule has 3 aliphatic heterocycles. The number of pyridine rings is 1. The molecule has 1 aromatic heterocycles. The lowest BCUT2D eigenvalue weighted by atomic mass is 9.88. The average Bonchev–Trinajstić information content (AvgIpc) is 3.45. The molecule has 1 amide bonds. The molecule has 4 aliphatic rings. The van der Waals surface area contributed by atoms with Crippen LogP contribution in [0.5, 0.6) is 0 Å². The van der Waals surface area contributed by atoms with Gasteiger partial charge < -0.3 is 19.3 Å². The van der Waals surface area contributed by atoms with Crippen molar-refractivity contribution in [2.75, 3.05) is 39.5 Å². The third kappa shape index (κ3) is 3.23. The van der Waals surface area contributed by atoms with Gasteiger partial charge in [0.2, 0.25) is 5.91 Å². The SMILES string of the molecule is O=C([C@@H]1[C@@H](CO)[C@@H]2Cn3c(cccc3=O)[C@@H]2N1CC1CCCC1)N1CCOCC1. The van der Waals surface area contributed by atoms with Crippen molar-refractivity contribution < 1.29 is 14.6 Å². The molecular formula is C22H31N3O4. The van der Waals surface area contributed by atoms with E-state index >= 15 is 0 Å². The van der Waals surface area contributed by atoms with Crippen molar-refractivity contribution in [3.05, 3.63) is 34.2 Å². The monoisotopic (exact) mass is 401 g/mol. The van der Waals surface area contributed by atoms with Gasteiger partial charge >= 0.3 is 0 Å². The summed E-state index contributed by atoms with van der Waals surface area (Å²) in [6.45, 7) is 3.85.